The number of pyridine rings is 3. The van der Waals surface area contributed by atoms with Crippen molar-refractivity contribution in [2.45, 2.75) is 172 Å². The minimum Gasteiger partial charge on any atom is -0.372 e. The summed E-state index contributed by atoms with van der Waals surface area (Å²) >= 11 is 0.250. The molecule has 6 amide bonds. The summed E-state index contributed by atoms with van der Waals surface area (Å²) in [4.78, 5) is 114. The van der Waals surface area contributed by atoms with Gasteiger partial charge in [-0.1, -0.05) is 38.5 Å². The lowest BCUT2D eigenvalue weighted by molar-refractivity contribution is -0.126. The topological polar surface area (TPSA) is 348 Å². The molecule has 0 aromatic carbocycles. The van der Waals surface area contributed by atoms with Gasteiger partial charge in [-0.3, -0.25) is 43.2 Å². The van der Waals surface area contributed by atoms with E-state index in [1.165, 1.54) is 63.8 Å². The normalized spacial score (nSPS) is 19.8. The molecule has 3 saturated heterocycles. The van der Waals surface area contributed by atoms with Crippen LogP contribution in [0, 0.1) is 90.3 Å². The quantitative estimate of drug-likeness (QED) is 0.0339. The van der Waals surface area contributed by atoms with Crippen LogP contribution >= 0.6 is 12.1 Å². The molecular formula is C64H81F10N15O9S. The first-order valence-corrected chi connectivity index (χ1v) is 33.5. The number of nitrogens with zero attached hydrogens (tertiary/aromatic N) is 6. The summed E-state index contributed by atoms with van der Waals surface area (Å²) in [6.07, 6.45) is 0.660. The highest BCUT2D eigenvalue weighted by molar-refractivity contribution is 7.93. The van der Waals surface area contributed by atoms with E-state index in [2.05, 4.69) is 47.9 Å². The molecule has 1 unspecified atom stereocenters. The Kier molecular flexibility index (Phi) is 28.6. The van der Waals surface area contributed by atoms with E-state index in [0.29, 0.717) is 74.8 Å². The lowest BCUT2D eigenvalue weighted by atomic mass is 9.98. The van der Waals surface area contributed by atoms with E-state index in [-0.39, 0.29) is 102 Å². The second kappa shape index (κ2) is 35.8. The molecule has 0 radical (unpaired) electrons. The summed E-state index contributed by atoms with van der Waals surface area (Å²) in [5.74, 6) is -2.60. The molecule has 6 heterocycles. The van der Waals surface area contributed by atoms with E-state index in [4.69, 9.17) is 0 Å². The van der Waals surface area contributed by atoms with Crippen LogP contribution < -0.4 is 64.5 Å². The van der Waals surface area contributed by atoms with Crippen molar-refractivity contribution < 1.29 is 72.2 Å². The Bertz CT molecular complexity index is 3300. The van der Waals surface area contributed by atoms with Crippen LogP contribution in [0.2, 0.25) is 0 Å². The van der Waals surface area contributed by atoms with Crippen molar-refractivity contribution in [2.75, 3.05) is 61.5 Å². The highest BCUT2D eigenvalue weighted by atomic mass is 32.2. The number of hydrogen-bond acceptors (Lipinski definition) is 16. The molecule has 99 heavy (non-hydrogen) atoms. The van der Waals surface area contributed by atoms with Crippen molar-refractivity contribution in [1.29, 1.82) is 15.8 Å². The summed E-state index contributed by atoms with van der Waals surface area (Å²) in [5.41, 5.74) is -1.79. The Morgan fingerprint density at radius 2 is 0.697 bits per heavy atom. The first-order valence-electron chi connectivity index (χ1n) is 32.3. The fraction of sp³-hybridized carbons (Fsp3) is 0.625. The van der Waals surface area contributed by atoms with Crippen LogP contribution in [-0.4, -0.2) is 131 Å². The Hall–Kier alpha value is -8.81. The first kappa shape index (κ1) is 79.2. The van der Waals surface area contributed by atoms with E-state index in [0.717, 1.165) is 52.2 Å². The Morgan fingerprint density at radius 3 is 0.879 bits per heavy atom. The Labute approximate surface area is 567 Å². The number of carbonyl (C=O) groups is 6. The fourth-order valence-electron chi connectivity index (χ4n) is 11.6. The third-order valence-electron chi connectivity index (χ3n) is 17.5. The maximum atomic E-state index is 13.1. The SMILES string of the molecule is CSF.Cc1ccn(C(CC2CC2)C(=O)N[C@H](C#N)C[C@@H]2CCNC2=O)c(=O)c1NCC(F)(F)F.Cc1ccn([C@@H](CC2CC2)C(=O)N[C@H](C#N)C[C@@H]2CCNC2=O)c(=O)c1NCC(F)(F)F.Cc1ccn([C@H](CC2CC2)C(=O)N[C@H](C#N)C[C@@H]2CCNC2=O)c(=O)c1NCC(F)(F)F. The molecule has 0 bridgehead atoms. The number of aromatic nitrogens is 3. The smallest absolute Gasteiger partial charge is 0.372 e. The van der Waals surface area contributed by atoms with Gasteiger partial charge in [0.1, 0.15) is 72.9 Å². The zero-order valence-corrected chi connectivity index (χ0v) is 55.6. The second-order valence-electron chi connectivity index (χ2n) is 25.5. The lowest BCUT2D eigenvalue weighted by Gasteiger charge is -2.23. The van der Waals surface area contributed by atoms with Crippen LogP contribution in [-0.2, 0) is 28.8 Å². The molecule has 3 aromatic heterocycles. The minimum absolute atomic E-state index is 0.158. The van der Waals surface area contributed by atoms with Crippen molar-refractivity contribution in [2.24, 2.45) is 35.5 Å². The largest absolute Gasteiger partial charge is 0.405 e. The molecule has 9 atom stereocenters. The Balaban J connectivity index is 0.000000229. The van der Waals surface area contributed by atoms with Crippen LogP contribution in [0.15, 0.2) is 51.2 Å². The van der Waals surface area contributed by atoms with Crippen LogP contribution in [0.3, 0.4) is 0 Å². The van der Waals surface area contributed by atoms with Gasteiger partial charge in [0.05, 0.1) is 18.2 Å². The summed E-state index contributed by atoms with van der Waals surface area (Å²) in [7, 11) is 0. The van der Waals surface area contributed by atoms with Gasteiger partial charge in [-0.25, -0.2) is 0 Å². The molecule has 542 valence electrons. The predicted octanol–water partition coefficient (Wildman–Crippen LogP) is 7.25. The van der Waals surface area contributed by atoms with E-state index in [1.807, 2.05) is 18.2 Å². The van der Waals surface area contributed by atoms with Gasteiger partial charge in [-0.15, -0.1) is 0 Å². The molecular weight excluding hydrogens is 1340 g/mol. The average Bonchev–Trinajstić information content (AvgIpc) is 1.80. The van der Waals surface area contributed by atoms with E-state index < -0.39 is 109 Å². The zero-order valence-electron chi connectivity index (χ0n) is 54.8. The molecule has 0 spiro atoms. The van der Waals surface area contributed by atoms with Gasteiger partial charge >= 0.3 is 18.5 Å². The standard InChI is InChI=1S/3C21H26F3N5O3.CH3FS/c3*1-12-5-7-29(20(32)17(12)27-11-21(22,23)24)16(8-13-2-3-13)19(31)28-15(10-25)9-14-4-6-26-18(14)30;1-3-2/h3*5,7,13-16,27H,2-4,6,8-9,11H2,1H3,(H,26,30)(H,28,31);1H3/t14-,15-,16?;14-,15-,16+;14-,15-,16-;/m000./s1. The molecule has 6 aliphatic rings. The van der Waals surface area contributed by atoms with Crippen molar-refractivity contribution in [3.63, 3.8) is 0 Å². The molecule has 3 aromatic rings. The van der Waals surface area contributed by atoms with Crippen molar-refractivity contribution in [3.8, 4) is 18.2 Å². The molecule has 3 aliphatic heterocycles. The van der Waals surface area contributed by atoms with E-state index >= 15 is 0 Å². The summed E-state index contributed by atoms with van der Waals surface area (Å²) in [5, 5.41) is 50.8. The van der Waals surface area contributed by atoms with Gasteiger partial charge in [0, 0.05) is 74.4 Å². The highest BCUT2D eigenvalue weighted by Crippen LogP contribution is 2.39. The maximum Gasteiger partial charge on any atom is 0.405 e. The van der Waals surface area contributed by atoms with Crippen LogP contribution in [0.5, 0.6) is 0 Å². The average molecular weight is 1430 g/mol. The van der Waals surface area contributed by atoms with Crippen molar-refractivity contribution >= 4 is 64.7 Å². The zero-order chi connectivity index (χ0) is 73.1. The minimum atomic E-state index is -4.50. The number of anilines is 3. The second-order valence-corrected chi connectivity index (χ2v) is 25.8. The number of nitriles is 3. The number of carbonyl (C=O) groups excluding carboxylic acids is 6. The van der Waals surface area contributed by atoms with E-state index in [9.17, 15) is 102 Å². The monoisotopic (exact) mass is 1430 g/mol. The van der Waals surface area contributed by atoms with Gasteiger partial charge in [-0.05, 0) is 131 Å². The Morgan fingerprint density at radius 1 is 0.465 bits per heavy atom. The van der Waals surface area contributed by atoms with Crippen LogP contribution in [0.25, 0.3) is 0 Å². The summed E-state index contributed by atoms with van der Waals surface area (Å²) in [6, 6.07) is 4.79. The first-order chi connectivity index (χ1) is 46.7. The van der Waals surface area contributed by atoms with Gasteiger partial charge in [-0.2, -0.15) is 59.2 Å². The molecule has 6 fully saturated rings. The number of amides is 6. The highest BCUT2D eigenvalue weighted by Gasteiger charge is 2.39. The number of alkyl halides is 9. The molecule has 9 rings (SSSR count). The number of hydrogen-bond donors (Lipinski definition) is 9. The van der Waals surface area contributed by atoms with Gasteiger partial charge in [0.25, 0.3) is 16.7 Å². The molecule has 3 saturated carbocycles. The third kappa shape index (κ3) is 24.8. The number of rotatable bonds is 27. The predicted molar refractivity (Wildman–Crippen MR) is 344 cm³/mol. The number of halogens is 10. The molecule has 24 nitrogen and oxygen atoms in total. The molecule has 35 heteroatoms. The van der Waals surface area contributed by atoms with Gasteiger partial charge in [0.15, 0.2) is 0 Å². The fourth-order valence-corrected chi connectivity index (χ4v) is 11.6. The number of aryl methyl sites for hydroxylation is 3. The van der Waals surface area contributed by atoms with Crippen molar-refractivity contribution in [3.05, 3.63) is 84.5 Å². The van der Waals surface area contributed by atoms with E-state index in [1.54, 1.807) is 0 Å². The maximum absolute atomic E-state index is 13.1. The summed E-state index contributed by atoms with van der Waals surface area (Å²) < 4.78 is 128. The van der Waals surface area contributed by atoms with Crippen LogP contribution in [0.4, 0.5) is 60.5 Å². The number of nitrogens with one attached hydrogen (secondary N) is 9. The van der Waals surface area contributed by atoms with Crippen LogP contribution in [0.1, 0.15) is 131 Å². The van der Waals surface area contributed by atoms with Gasteiger partial charge in [0.2, 0.25) is 35.4 Å². The molecule has 9 N–H and O–H groups in total. The van der Waals surface area contributed by atoms with Gasteiger partial charge < -0.3 is 61.6 Å². The summed E-state index contributed by atoms with van der Waals surface area (Å²) in [6.45, 7) is 1.99. The third-order valence-corrected chi connectivity index (χ3v) is 17.5. The molecule has 3 aliphatic carbocycles. The lowest BCUT2D eigenvalue weighted by Crippen LogP contribution is -2.43. The van der Waals surface area contributed by atoms with Crippen molar-refractivity contribution in [1.82, 2.24) is 45.6 Å².